The minimum atomic E-state index is -1.40. The molecule has 6 atom stereocenters. The van der Waals surface area contributed by atoms with Gasteiger partial charge in [-0.25, -0.2) is 0 Å². The molecule has 0 unspecified atom stereocenters. The third kappa shape index (κ3) is 5.11. The van der Waals surface area contributed by atoms with Crippen LogP contribution >= 0.6 is 0 Å². The van der Waals surface area contributed by atoms with Crippen molar-refractivity contribution in [3.63, 3.8) is 0 Å². The number of aryl methyl sites for hydroxylation is 2. The zero-order valence-electron chi connectivity index (χ0n) is 24.8. The number of aliphatic hydroxyl groups is 1. The predicted molar refractivity (Wildman–Crippen MR) is 161 cm³/mol. The number of carbonyl (C=O) groups is 4. The van der Waals surface area contributed by atoms with Crippen molar-refractivity contribution >= 4 is 29.4 Å². The van der Waals surface area contributed by atoms with Gasteiger partial charge in [0.1, 0.15) is 23.7 Å². The fourth-order valence-electron chi connectivity index (χ4n) is 6.95. The number of likely N-dealkylation sites (tertiary alicyclic amines) is 1. The molecule has 0 radical (unpaired) electrons. The fraction of sp³-hybridized carbons (Fsp3) is 0.412. The number of amides is 3. The molecule has 1 spiro atoms. The molecule has 4 aliphatic heterocycles. The van der Waals surface area contributed by atoms with E-state index in [1.54, 1.807) is 17.1 Å². The van der Waals surface area contributed by atoms with E-state index in [4.69, 9.17) is 9.47 Å². The fourth-order valence-corrected chi connectivity index (χ4v) is 6.95. The zero-order chi connectivity index (χ0) is 31.0. The number of fused-ring (bicyclic) bond motifs is 2. The maximum atomic E-state index is 14.7. The van der Waals surface area contributed by atoms with E-state index in [-0.39, 0.29) is 44.5 Å². The molecule has 10 nitrogen and oxygen atoms in total. The van der Waals surface area contributed by atoms with Gasteiger partial charge in [0.2, 0.25) is 11.8 Å². The second-order valence-electron chi connectivity index (χ2n) is 11.8. The summed E-state index contributed by atoms with van der Waals surface area (Å²) in [6, 6.07) is 13.8. The monoisotopic (exact) mass is 599 g/mol. The summed E-state index contributed by atoms with van der Waals surface area (Å²) in [7, 11) is 0. The van der Waals surface area contributed by atoms with E-state index in [0.29, 0.717) is 17.7 Å². The van der Waals surface area contributed by atoms with E-state index in [1.807, 2.05) is 74.5 Å². The Kier molecular flexibility index (Phi) is 8.13. The van der Waals surface area contributed by atoms with Crippen LogP contribution in [0.4, 0.5) is 5.69 Å². The molecule has 230 valence electrons. The van der Waals surface area contributed by atoms with E-state index in [0.717, 1.165) is 11.1 Å². The van der Waals surface area contributed by atoms with Crippen molar-refractivity contribution < 1.29 is 33.8 Å². The Balaban J connectivity index is 1.44. The number of nitrogens with one attached hydrogen (secondary N) is 1. The number of esters is 1. The molecule has 0 saturated carbocycles. The SMILES string of the molecule is Cc1ccc(C)c(N2C/C=C\CCC(=O)NC[C@@H](c3ccccc3)OC(=O)[C@@H]3[C@@H]4C=C[C@]5(O4)[C@H](C2=O)N(CCO)C(=O)[C@@H]35)c1. The van der Waals surface area contributed by atoms with Crippen molar-refractivity contribution in [2.45, 2.75) is 50.5 Å². The number of nitrogens with zero attached hydrogens (tertiary/aromatic N) is 2. The summed E-state index contributed by atoms with van der Waals surface area (Å²) in [5.74, 6) is -3.67. The zero-order valence-corrected chi connectivity index (χ0v) is 24.8. The Morgan fingerprint density at radius 2 is 1.82 bits per heavy atom. The number of hydrogen-bond donors (Lipinski definition) is 2. The summed E-state index contributed by atoms with van der Waals surface area (Å²) in [5.41, 5.74) is 1.81. The summed E-state index contributed by atoms with van der Waals surface area (Å²) >= 11 is 0. The first-order chi connectivity index (χ1) is 21.2. The van der Waals surface area contributed by atoms with Crippen LogP contribution in [0.3, 0.4) is 0 Å². The average Bonchev–Trinajstić information content (AvgIpc) is 3.66. The molecule has 2 aromatic rings. The van der Waals surface area contributed by atoms with Crippen LogP contribution < -0.4 is 10.2 Å². The lowest BCUT2D eigenvalue weighted by atomic mass is 9.74. The highest BCUT2D eigenvalue weighted by Crippen LogP contribution is 2.56. The molecule has 3 amide bonds. The number of cyclic esters (lactones) is 1. The molecule has 44 heavy (non-hydrogen) atoms. The van der Waals surface area contributed by atoms with Crippen molar-refractivity contribution in [3.8, 4) is 0 Å². The molecule has 6 rings (SSSR count). The van der Waals surface area contributed by atoms with Gasteiger partial charge in [0, 0.05) is 25.2 Å². The van der Waals surface area contributed by atoms with Crippen LogP contribution in [0.1, 0.15) is 35.6 Å². The molecule has 0 aromatic heterocycles. The summed E-state index contributed by atoms with van der Waals surface area (Å²) in [6.07, 6.45) is 6.28. The molecule has 2 saturated heterocycles. The maximum absolute atomic E-state index is 14.7. The summed E-state index contributed by atoms with van der Waals surface area (Å²) in [6.45, 7) is 3.66. The Hall–Kier alpha value is -4.28. The van der Waals surface area contributed by atoms with Crippen molar-refractivity contribution in [2.75, 3.05) is 31.1 Å². The van der Waals surface area contributed by atoms with Gasteiger partial charge in [0.05, 0.1) is 25.2 Å². The molecule has 4 heterocycles. The highest BCUT2D eigenvalue weighted by molar-refractivity contribution is 6.05. The molecule has 2 fully saturated rings. The van der Waals surface area contributed by atoms with Gasteiger partial charge in [-0.15, -0.1) is 0 Å². The normalized spacial score (nSPS) is 31.2. The topological polar surface area (TPSA) is 125 Å². The van der Waals surface area contributed by atoms with Gasteiger partial charge in [-0.1, -0.05) is 66.8 Å². The lowest BCUT2D eigenvalue weighted by molar-refractivity contribution is -0.159. The van der Waals surface area contributed by atoms with Crippen LogP contribution in [0.15, 0.2) is 72.8 Å². The molecule has 0 aliphatic carbocycles. The van der Waals surface area contributed by atoms with Crippen LogP contribution in [0.5, 0.6) is 0 Å². The standard InChI is InChI=1S/C34H37N3O7/c1-21-12-13-22(2)24(19-21)36-16-8-4-7-11-27(39)35-20-26(23-9-5-3-6-10-23)43-33(42)28-25-14-15-34(44-25)29(28)31(40)37(17-18-38)30(34)32(36)41/h3-6,8-10,12-15,19,25-26,28-30,38H,7,11,16-18,20H2,1-2H3,(H,35,39)/b8-4-/t25-,26-,28+,29+,30-,34+/m0/s1. The molecular weight excluding hydrogens is 562 g/mol. The van der Waals surface area contributed by atoms with Crippen molar-refractivity contribution in [2.24, 2.45) is 11.8 Å². The number of aliphatic hydroxyl groups excluding tert-OH is 1. The number of hydrogen-bond acceptors (Lipinski definition) is 7. The van der Waals surface area contributed by atoms with Crippen LogP contribution in [0.2, 0.25) is 0 Å². The van der Waals surface area contributed by atoms with E-state index >= 15 is 0 Å². The van der Waals surface area contributed by atoms with Gasteiger partial charge in [0.25, 0.3) is 5.91 Å². The summed E-state index contributed by atoms with van der Waals surface area (Å²) in [4.78, 5) is 58.5. The quantitative estimate of drug-likeness (QED) is 0.409. The molecule has 2 aromatic carbocycles. The number of anilines is 1. The summed E-state index contributed by atoms with van der Waals surface area (Å²) < 4.78 is 12.5. The largest absolute Gasteiger partial charge is 0.455 e. The Bertz CT molecular complexity index is 1520. The predicted octanol–water partition coefficient (Wildman–Crippen LogP) is 2.53. The Morgan fingerprint density at radius 1 is 1.02 bits per heavy atom. The second kappa shape index (κ2) is 12.0. The molecule has 2 N–H and O–H groups in total. The minimum Gasteiger partial charge on any atom is -0.455 e. The highest BCUT2D eigenvalue weighted by Gasteiger charge is 2.73. The number of ether oxygens (including phenoxy) is 2. The van der Waals surface area contributed by atoms with E-state index in [2.05, 4.69) is 5.32 Å². The first kappa shape index (κ1) is 29.8. The highest BCUT2D eigenvalue weighted by atomic mass is 16.6. The van der Waals surface area contributed by atoms with E-state index in [9.17, 15) is 24.3 Å². The van der Waals surface area contributed by atoms with E-state index < -0.39 is 47.6 Å². The van der Waals surface area contributed by atoms with Crippen LogP contribution in [0, 0.1) is 25.7 Å². The van der Waals surface area contributed by atoms with Crippen LogP contribution in [-0.4, -0.2) is 77.7 Å². The van der Waals surface area contributed by atoms with Gasteiger partial charge in [-0.2, -0.15) is 0 Å². The van der Waals surface area contributed by atoms with Gasteiger partial charge >= 0.3 is 5.97 Å². The average molecular weight is 600 g/mol. The lowest BCUT2D eigenvalue weighted by Crippen LogP contribution is -2.56. The van der Waals surface area contributed by atoms with E-state index in [1.165, 1.54) is 4.90 Å². The molecular formula is C34H37N3O7. The van der Waals surface area contributed by atoms with Gasteiger partial charge in [0.15, 0.2) is 0 Å². The van der Waals surface area contributed by atoms with Crippen LogP contribution in [0.25, 0.3) is 0 Å². The third-order valence-corrected chi connectivity index (χ3v) is 9.05. The number of β-amino-alcohol motifs (C(OH)–C–C–N with tert-alkyl or cyclic N) is 1. The number of rotatable bonds is 4. The van der Waals surface area contributed by atoms with Crippen molar-refractivity contribution in [1.29, 1.82) is 0 Å². The smallest absolute Gasteiger partial charge is 0.313 e. The molecule has 10 heteroatoms. The lowest BCUT2D eigenvalue weighted by Gasteiger charge is -2.36. The summed E-state index contributed by atoms with van der Waals surface area (Å²) in [5, 5.41) is 12.9. The third-order valence-electron chi connectivity index (χ3n) is 9.05. The Labute approximate surface area is 256 Å². The first-order valence-corrected chi connectivity index (χ1v) is 15.1. The van der Waals surface area contributed by atoms with Gasteiger partial charge in [-0.05, 0) is 43.0 Å². The van der Waals surface area contributed by atoms with Crippen LogP contribution in [-0.2, 0) is 28.7 Å². The van der Waals surface area contributed by atoms with Gasteiger partial charge < -0.3 is 29.7 Å². The maximum Gasteiger partial charge on any atom is 0.313 e. The molecule has 5 bridgehead atoms. The van der Waals surface area contributed by atoms with Crippen molar-refractivity contribution in [3.05, 3.63) is 89.5 Å². The number of carbonyl (C=O) groups excluding carboxylic acids is 4. The van der Waals surface area contributed by atoms with Gasteiger partial charge in [-0.3, -0.25) is 19.2 Å². The minimum absolute atomic E-state index is 0.0638. The first-order valence-electron chi connectivity index (χ1n) is 15.1. The Morgan fingerprint density at radius 3 is 2.59 bits per heavy atom. The second-order valence-corrected chi connectivity index (χ2v) is 11.8. The number of allylic oxidation sites excluding steroid dienone is 1. The molecule has 4 aliphatic rings. The van der Waals surface area contributed by atoms with Crippen molar-refractivity contribution in [1.82, 2.24) is 10.2 Å². The number of benzene rings is 2.